The van der Waals surface area contributed by atoms with E-state index in [0.717, 1.165) is 5.70 Å². The summed E-state index contributed by atoms with van der Waals surface area (Å²) in [6, 6.07) is 2.73. The van der Waals surface area contributed by atoms with E-state index in [1.807, 2.05) is 0 Å². The Morgan fingerprint density at radius 1 is 1.38 bits per heavy atom. The molecule has 1 aromatic rings. The maximum Gasteiger partial charge on any atom is 0.416 e. The molecule has 2 rings (SSSR count). The largest absolute Gasteiger partial charge is 0.416 e. The minimum absolute atomic E-state index is 0.231. The zero-order chi connectivity index (χ0) is 11.9. The first-order chi connectivity index (χ1) is 7.38. The van der Waals surface area contributed by atoms with Crippen LogP contribution in [0.25, 0.3) is 0 Å². The summed E-state index contributed by atoms with van der Waals surface area (Å²) >= 11 is 1.37. The van der Waals surface area contributed by atoms with Crippen LogP contribution in [0, 0.1) is 6.92 Å². The Morgan fingerprint density at radius 3 is 2.69 bits per heavy atom. The molecule has 0 aliphatic carbocycles. The maximum atomic E-state index is 12.6. The normalized spacial score (nSPS) is 15.6. The van der Waals surface area contributed by atoms with Crippen LogP contribution < -0.4 is 5.32 Å². The molecule has 1 aliphatic heterocycles. The van der Waals surface area contributed by atoms with Gasteiger partial charge in [-0.2, -0.15) is 13.2 Å². The average Bonchev–Trinajstić information content (AvgIpc) is 2.14. The quantitative estimate of drug-likeness (QED) is 0.740. The molecular formula is C11H10F3NS. The van der Waals surface area contributed by atoms with E-state index >= 15 is 0 Å². The molecule has 0 atom stereocenters. The predicted octanol–water partition coefficient (Wildman–Crippen LogP) is 4.05. The fourth-order valence-corrected chi connectivity index (χ4v) is 2.47. The summed E-state index contributed by atoms with van der Waals surface area (Å²) in [5.41, 5.74) is 1.20. The van der Waals surface area contributed by atoms with E-state index in [1.54, 1.807) is 0 Å². The molecule has 5 heteroatoms. The first kappa shape index (κ1) is 11.4. The third kappa shape index (κ3) is 2.04. The summed E-state index contributed by atoms with van der Waals surface area (Å²) in [5, 5.41) is 3.00. The number of hydrogen-bond donors (Lipinski definition) is 1. The number of alkyl halides is 3. The number of thioether (sulfide) groups is 1. The number of nitrogens with one attached hydrogen (secondary N) is 1. The van der Waals surface area contributed by atoms with Crippen LogP contribution in [0.1, 0.15) is 11.1 Å². The summed E-state index contributed by atoms with van der Waals surface area (Å²) in [5.74, 6) is 0.605. The smallest absolute Gasteiger partial charge is 0.358 e. The van der Waals surface area contributed by atoms with Gasteiger partial charge in [0.05, 0.1) is 11.3 Å². The van der Waals surface area contributed by atoms with Crippen molar-refractivity contribution in [3.8, 4) is 0 Å². The van der Waals surface area contributed by atoms with Crippen molar-refractivity contribution in [2.75, 3.05) is 11.1 Å². The van der Waals surface area contributed by atoms with Crippen molar-refractivity contribution in [3.63, 3.8) is 0 Å². The van der Waals surface area contributed by atoms with Crippen molar-refractivity contribution in [2.24, 2.45) is 0 Å². The molecule has 0 bridgehead atoms. The van der Waals surface area contributed by atoms with E-state index in [2.05, 4.69) is 11.9 Å². The molecule has 1 nitrogen and oxygen atoms in total. The molecule has 0 saturated carbocycles. The Hall–Kier alpha value is -1.10. The van der Waals surface area contributed by atoms with Crippen LogP contribution in [0.3, 0.4) is 0 Å². The number of aryl methyl sites for hydroxylation is 1. The van der Waals surface area contributed by atoms with E-state index in [-0.39, 0.29) is 5.56 Å². The molecule has 0 spiro atoms. The van der Waals surface area contributed by atoms with Crippen LogP contribution in [0.2, 0.25) is 0 Å². The van der Waals surface area contributed by atoms with Gasteiger partial charge in [-0.05, 0) is 24.6 Å². The highest BCUT2D eigenvalue weighted by Gasteiger charge is 2.33. The molecule has 0 amide bonds. The minimum atomic E-state index is -4.28. The Bertz CT molecular complexity index is 451. The molecule has 0 fully saturated rings. The van der Waals surface area contributed by atoms with E-state index in [9.17, 15) is 13.2 Å². The van der Waals surface area contributed by atoms with Crippen molar-refractivity contribution in [1.82, 2.24) is 0 Å². The Morgan fingerprint density at radius 2 is 2.06 bits per heavy atom. The number of fused-ring (bicyclic) bond motifs is 1. The summed E-state index contributed by atoms with van der Waals surface area (Å²) in [6.07, 6.45) is -4.28. The molecular weight excluding hydrogens is 235 g/mol. The summed E-state index contributed by atoms with van der Waals surface area (Å²) in [4.78, 5) is 0.630. The van der Waals surface area contributed by atoms with Gasteiger partial charge in [0.15, 0.2) is 0 Å². The van der Waals surface area contributed by atoms with Crippen LogP contribution in [-0.4, -0.2) is 5.75 Å². The molecule has 0 saturated heterocycles. The lowest BCUT2D eigenvalue weighted by Crippen LogP contribution is -2.12. The van der Waals surface area contributed by atoms with Gasteiger partial charge in [-0.3, -0.25) is 0 Å². The first-order valence-electron chi connectivity index (χ1n) is 4.67. The average molecular weight is 245 g/mol. The van der Waals surface area contributed by atoms with Crippen molar-refractivity contribution in [2.45, 2.75) is 18.0 Å². The first-order valence-corrected chi connectivity index (χ1v) is 5.66. The topological polar surface area (TPSA) is 12.0 Å². The lowest BCUT2D eigenvalue weighted by molar-refractivity contribution is -0.138. The van der Waals surface area contributed by atoms with Gasteiger partial charge in [-0.1, -0.05) is 6.58 Å². The maximum absolute atomic E-state index is 12.6. The lowest BCUT2D eigenvalue weighted by Gasteiger charge is -2.22. The highest BCUT2D eigenvalue weighted by molar-refractivity contribution is 7.99. The van der Waals surface area contributed by atoms with E-state index in [0.29, 0.717) is 16.3 Å². The Balaban J connectivity index is 2.50. The van der Waals surface area contributed by atoms with Gasteiger partial charge < -0.3 is 5.32 Å². The Kier molecular flexibility index (Phi) is 2.66. The monoisotopic (exact) mass is 245 g/mol. The van der Waals surface area contributed by atoms with Gasteiger partial charge in [0.25, 0.3) is 0 Å². The second kappa shape index (κ2) is 3.73. The minimum Gasteiger partial charge on any atom is -0.358 e. The molecule has 0 aromatic heterocycles. The number of halogens is 3. The Labute approximate surface area is 95.7 Å². The molecule has 0 unspecified atom stereocenters. The SMILES string of the molecule is C=C1CSc2cc(C(F)(F)F)c(C)cc2N1. The van der Waals surface area contributed by atoms with Crippen molar-refractivity contribution >= 4 is 17.4 Å². The highest BCUT2D eigenvalue weighted by atomic mass is 32.2. The van der Waals surface area contributed by atoms with Crippen LogP contribution in [0.5, 0.6) is 0 Å². The van der Waals surface area contributed by atoms with E-state index < -0.39 is 11.7 Å². The van der Waals surface area contributed by atoms with Crippen LogP contribution in [0.4, 0.5) is 18.9 Å². The van der Waals surface area contributed by atoms with Crippen LogP contribution in [-0.2, 0) is 6.18 Å². The standard InChI is InChI=1S/C11H10F3NS/c1-6-3-9-10(16-5-7(2)15-9)4-8(6)11(12,13)14/h3-4,15H,2,5H2,1H3. The fourth-order valence-electron chi connectivity index (χ4n) is 1.60. The van der Waals surface area contributed by atoms with Crippen molar-refractivity contribution in [3.05, 3.63) is 35.5 Å². The van der Waals surface area contributed by atoms with Crippen LogP contribution >= 0.6 is 11.8 Å². The van der Waals surface area contributed by atoms with E-state index in [1.165, 1.54) is 30.8 Å². The number of hydrogen-bond acceptors (Lipinski definition) is 2. The van der Waals surface area contributed by atoms with E-state index in [4.69, 9.17) is 0 Å². The summed E-state index contributed by atoms with van der Waals surface area (Å²) in [6.45, 7) is 5.22. The molecule has 16 heavy (non-hydrogen) atoms. The lowest BCUT2D eigenvalue weighted by atomic mass is 10.1. The molecule has 86 valence electrons. The second-order valence-corrected chi connectivity index (χ2v) is 4.70. The number of benzene rings is 1. The third-order valence-corrected chi connectivity index (χ3v) is 3.49. The van der Waals surface area contributed by atoms with Gasteiger partial charge in [0.2, 0.25) is 0 Å². The summed E-state index contributed by atoms with van der Waals surface area (Å²) < 4.78 is 37.9. The molecule has 1 aromatic carbocycles. The molecule has 1 heterocycles. The van der Waals surface area contributed by atoms with Gasteiger partial charge >= 0.3 is 6.18 Å². The zero-order valence-electron chi connectivity index (χ0n) is 8.61. The highest BCUT2D eigenvalue weighted by Crippen LogP contribution is 2.40. The van der Waals surface area contributed by atoms with Crippen molar-refractivity contribution in [1.29, 1.82) is 0 Å². The van der Waals surface area contributed by atoms with Gasteiger partial charge in [-0.25, -0.2) is 0 Å². The number of rotatable bonds is 0. The molecule has 1 aliphatic rings. The summed E-state index contributed by atoms with van der Waals surface area (Å²) in [7, 11) is 0. The van der Waals surface area contributed by atoms with Gasteiger partial charge in [0.1, 0.15) is 0 Å². The predicted molar refractivity (Wildman–Crippen MR) is 59.7 cm³/mol. The third-order valence-electron chi connectivity index (χ3n) is 2.35. The fraction of sp³-hybridized carbons (Fsp3) is 0.273. The molecule has 0 radical (unpaired) electrons. The second-order valence-electron chi connectivity index (χ2n) is 3.68. The van der Waals surface area contributed by atoms with Crippen molar-refractivity contribution < 1.29 is 13.2 Å². The zero-order valence-corrected chi connectivity index (χ0v) is 9.43. The number of anilines is 1. The van der Waals surface area contributed by atoms with Crippen LogP contribution in [0.15, 0.2) is 29.3 Å². The molecule has 1 N–H and O–H groups in total. The van der Waals surface area contributed by atoms with Gasteiger partial charge in [-0.15, -0.1) is 11.8 Å². The van der Waals surface area contributed by atoms with Gasteiger partial charge in [0, 0.05) is 16.3 Å².